The number of carbonyl (C=O) groups excluding carboxylic acids is 1. The van der Waals surface area contributed by atoms with Gasteiger partial charge in [0.05, 0.1) is 5.56 Å². The molecule has 1 aliphatic rings. The maximum absolute atomic E-state index is 12.1. The SMILES string of the molecule is CC(=O)O.N#Cc1ccc(N2CCC(OC(=O)C(F)(F)F)CC2)nc1. The number of carbonyl (C=O) groups is 2. The van der Waals surface area contributed by atoms with Gasteiger partial charge in [0, 0.05) is 39.1 Å². The Balaban J connectivity index is 0.000000705. The number of nitrogens with zero attached hydrogens (tertiary/aromatic N) is 3. The van der Waals surface area contributed by atoms with E-state index in [-0.39, 0.29) is 0 Å². The molecule has 0 bridgehead atoms. The Morgan fingerprint density at radius 2 is 1.92 bits per heavy atom. The number of esters is 1. The number of rotatable bonds is 2. The van der Waals surface area contributed by atoms with Crippen molar-refractivity contribution in [2.75, 3.05) is 18.0 Å². The van der Waals surface area contributed by atoms with E-state index in [0.717, 1.165) is 6.92 Å². The van der Waals surface area contributed by atoms with Crippen LogP contribution in [0.25, 0.3) is 0 Å². The van der Waals surface area contributed by atoms with Crippen LogP contribution in [-0.4, -0.2) is 47.4 Å². The summed E-state index contributed by atoms with van der Waals surface area (Å²) in [4.78, 5) is 25.7. The minimum atomic E-state index is -4.95. The van der Waals surface area contributed by atoms with Crippen LogP contribution in [0.1, 0.15) is 25.3 Å². The number of anilines is 1. The summed E-state index contributed by atoms with van der Waals surface area (Å²) in [6.45, 7) is 1.96. The van der Waals surface area contributed by atoms with E-state index in [1.165, 1.54) is 6.20 Å². The topological polar surface area (TPSA) is 104 Å². The lowest BCUT2D eigenvalue weighted by Crippen LogP contribution is -2.40. The van der Waals surface area contributed by atoms with Gasteiger partial charge < -0.3 is 14.7 Å². The van der Waals surface area contributed by atoms with Crippen LogP contribution in [0.15, 0.2) is 18.3 Å². The third-order valence-corrected chi connectivity index (χ3v) is 3.15. The van der Waals surface area contributed by atoms with Crippen molar-refractivity contribution >= 4 is 17.8 Å². The fourth-order valence-corrected chi connectivity index (χ4v) is 2.06. The van der Waals surface area contributed by atoms with Crippen LogP contribution >= 0.6 is 0 Å². The van der Waals surface area contributed by atoms with Crippen molar-refractivity contribution < 1.29 is 32.6 Å². The van der Waals surface area contributed by atoms with E-state index in [1.54, 1.807) is 12.1 Å². The first-order valence-corrected chi connectivity index (χ1v) is 7.22. The smallest absolute Gasteiger partial charge is 0.481 e. The minimum Gasteiger partial charge on any atom is -0.481 e. The first-order valence-electron chi connectivity index (χ1n) is 7.22. The van der Waals surface area contributed by atoms with E-state index >= 15 is 0 Å². The third-order valence-electron chi connectivity index (χ3n) is 3.15. The second kappa shape index (κ2) is 8.86. The summed E-state index contributed by atoms with van der Waals surface area (Å²) < 4.78 is 40.7. The fourth-order valence-electron chi connectivity index (χ4n) is 2.06. The van der Waals surface area contributed by atoms with Gasteiger partial charge in [-0.05, 0) is 12.1 Å². The fraction of sp³-hybridized carbons (Fsp3) is 0.467. The summed E-state index contributed by atoms with van der Waals surface area (Å²) in [5.41, 5.74) is 0.438. The van der Waals surface area contributed by atoms with Gasteiger partial charge in [-0.25, -0.2) is 9.78 Å². The third kappa shape index (κ3) is 7.07. The Kier molecular flexibility index (Phi) is 7.17. The number of carboxylic acid groups (broad SMARTS) is 1. The van der Waals surface area contributed by atoms with Gasteiger partial charge in [-0.15, -0.1) is 0 Å². The standard InChI is InChI=1S/C13H12F3N3O2.C2H4O2/c14-13(15,16)12(20)21-10-3-5-19(6-4-10)11-2-1-9(7-17)8-18-11;1-2(3)4/h1-2,8,10H,3-6H2;1H3,(H,3,4). The number of hydrogen-bond donors (Lipinski definition) is 1. The molecule has 0 atom stereocenters. The molecule has 0 amide bonds. The van der Waals surface area contributed by atoms with Crippen molar-refractivity contribution in [3.05, 3.63) is 23.9 Å². The predicted molar refractivity (Wildman–Crippen MR) is 79.6 cm³/mol. The predicted octanol–water partition coefficient (Wildman–Crippen LogP) is 2.12. The molecule has 1 aromatic heterocycles. The molecule has 1 fully saturated rings. The highest BCUT2D eigenvalue weighted by atomic mass is 19.4. The summed E-state index contributed by atoms with van der Waals surface area (Å²) in [5, 5.41) is 16.1. The molecule has 25 heavy (non-hydrogen) atoms. The highest BCUT2D eigenvalue weighted by Crippen LogP contribution is 2.23. The van der Waals surface area contributed by atoms with Crippen molar-refractivity contribution in [1.82, 2.24) is 4.98 Å². The zero-order valence-electron chi connectivity index (χ0n) is 13.3. The first kappa shape index (κ1) is 20.2. The summed E-state index contributed by atoms with van der Waals surface area (Å²) in [6, 6.07) is 5.26. The average Bonchev–Trinajstić information content (AvgIpc) is 2.54. The monoisotopic (exact) mass is 359 g/mol. The summed E-state index contributed by atoms with van der Waals surface area (Å²) in [5.74, 6) is -2.33. The van der Waals surface area contributed by atoms with Gasteiger partial charge >= 0.3 is 12.1 Å². The number of alkyl halides is 3. The van der Waals surface area contributed by atoms with Gasteiger partial charge in [-0.2, -0.15) is 18.4 Å². The Bertz CT molecular complexity index is 629. The Labute approximate surface area is 141 Å². The first-order chi connectivity index (χ1) is 11.6. The molecule has 0 unspecified atom stereocenters. The Morgan fingerprint density at radius 1 is 1.36 bits per heavy atom. The number of nitriles is 1. The van der Waals surface area contributed by atoms with Gasteiger partial charge in [0.2, 0.25) is 0 Å². The number of halogens is 3. The molecular weight excluding hydrogens is 343 g/mol. The molecular formula is C15H16F3N3O4. The van der Waals surface area contributed by atoms with E-state index < -0.39 is 24.2 Å². The van der Waals surface area contributed by atoms with Gasteiger partial charge in [-0.3, -0.25) is 4.79 Å². The van der Waals surface area contributed by atoms with Crippen LogP contribution in [0.3, 0.4) is 0 Å². The van der Waals surface area contributed by atoms with Gasteiger partial charge in [0.1, 0.15) is 18.0 Å². The average molecular weight is 359 g/mol. The second-order valence-electron chi connectivity index (χ2n) is 5.13. The molecule has 1 N–H and O–H groups in total. The Morgan fingerprint density at radius 3 is 2.32 bits per heavy atom. The Hall–Kier alpha value is -2.83. The summed E-state index contributed by atoms with van der Waals surface area (Å²) >= 11 is 0. The molecule has 10 heteroatoms. The van der Waals surface area contributed by atoms with Crippen LogP contribution < -0.4 is 4.90 Å². The zero-order valence-corrected chi connectivity index (χ0v) is 13.3. The van der Waals surface area contributed by atoms with E-state index in [0.29, 0.717) is 37.3 Å². The maximum atomic E-state index is 12.1. The second-order valence-corrected chi connectivity index (χ2v) is 5.13. The van der Waals surface area contributed by atoms with Crippen LogP contribution in [0, 0.1) is 11.3 Å². The lowest BCUT2D eigenvalue weighted by atomic mass is 10.1. The van der Waals surface area contributed by atoms with E-state index in [4.69, 9.17) is 15.2 Å². The van der Waals surface area contributed by atoms with E-state index in [9.17, 15) is 18.0 Å². The lowest BCUT2D eigenvalue weighted by Gasteiger charge is -2.32. The highest BCUT2D eigenvalue weighted by Gasteiger charge is 2.42. The van der Waals surface area contributed by atoms with Crippen molar-refractivity contribution in [2.45, 2.75) is 32.0 Å². The van der Waals surface area contributed by atoms with Crippen molar-refractivity contribution in [3.8, 4) is 6.07 Å². The molecule has 136 valence electrons. The summed E-state index contributed by atoms with van der Waals surface area (Å²) in [6.07, 6.45) is -3.63. The molecule has 1 saturated heterocycles. The molecule has 0 saturated carbocycles. The number of aliphatic carboxylic acids is 1. The number of carboxylic acids is 1. The molecule has 1 aliphatic heterocycles. The lowest BCUT2D eigenvalue weighted by molar-refractivity contribution is -0.205. The van der Waals surface area contributed by atoms with Crippen LogP contribution in [-0.2, 0) is 14.3 Å². The highest BCUT2D eigenvalue weighted by molar-refractivity contribution is 5.75. The molecule has 0 aliphatic carbocycles. The summed E-state index contributed by atoms with van der Waals surface area (Å²) in [7, 11) is 0. The minimum absolute atomic E-state index is 0.309. The van der Waals surface area contributed by atoms with E-state index in [2.05, 4.69) is 9.72 Å². The maximum Gasteiger partial charge on any atom is 0.490 e. The van der Waals surface area contributed by atoms with Crippen molar-refractivity contribution in [1.29, 1.82) is 5.26 Å². The number of hydrogen-bond acceptors (Lipinski definition) is 6. The van der Waals surface area contributed by atoms with Crippen molar-refractivity contribution in [2.24, 2.45) is 0 Å². The molecule has 7 nitrogen and oxygen atoms in total. The number of pyridine rings is 1. The van der Waals surface area contributed by atoms with Gasteiger partial charge in [-0.1, -0.05) is 0 Å². The van der Waals surface area contributed by atoms with Crippen LogP contribution in [0.4, 0.5) is 19.0 Å². The number of ether oxygens (including phenoxy) is 1. The largest absolute Gasteiger partial charge is 0.490 e. The molecule has 0 aromatic carbocycles. The normalized spacial score (nSPS) is 14.8. The molecule has 2 rings (SSSR count). The molecule has 0 radical (unpaired) electrons. The van der Waals surface area contributed by atoms with Gasteiger partial charge in [0.15, 0.2) is 0 Å². The van der Waals surface area contributed by atoms with Crippen molar-refractivity contribution in [3.63, 3.8) is 0 Å². The number of piperidine rings is 1. The van der Waals surface area contributed by atoms with Crippen LogP contribution in [0.5, 0.6) is 0 Å². The number of aromatic nitrogens is 1. The van der Waals surface area contributed by atoms with E-state index in [1.807, 2.05) is 11.0 Å². The zero-order chi connectivity index (χ0) is 19.0. The molecule has 0 spiro atoms. The van der Waals surface area contributed by atoms with Crippen LogP contribution in [0.2, 0.25) is 0 Å². The molecule has 2 heterocycles. The molecule has 1 aromatic rings. The quantitative estimate of drug-likeness (QED) is 0.807. The van der Waals surface area contributed by atoms with Gasteiger partial charge in [0.25, 0.3) is 5.97 Å².